The molecule has 0 amide bonds. The van der Waals surface area contributed by atoms with Crippen LogP contribution in [-0.4, -0.2) is 0 Å². The van der Waals surface area contributed by atoms with Gasteiger partial charge >= 0.3 is 0 Å². The van der Waals surface area contributed by atoms with E-state index >= 15 is 0 Å². The summed E-state index contributed by atoms with van der Waals surface area (Å²) in [6.45, 7) is 0. The van der Waals surface area contributed by atoms with Crippen LogP contribution in [-0.2, 0) is 0 Å². The predicted octanol–water partition coefficient (Wildman–Crippen LogP) is 5.62. The standard InChI is InChI=1S/2C10H10/c2*1-2-4-6-8-10-9-7-5-3-1/h2*1-10H. The van der Waals surface area contributed by atoms with E-state index in [9.17, 15) is 0 Å². The van der Waals surface area contributed by atoms with Gasteiger partial charge in [-0.3, -0.25) is 0 Å². The molecule has 0 atom stereocenters. The van der Waals surface area contributed by atoms with Gasteiger partial charge in [0, 0.05) is 0 Å². The van der Waals surface area contributed by atoms with Gasteiger partial charge in [-0.15, -0.1) is 0 Å². The van der Waals surface area contributed by atoms with E-state index in [-0.39, 0.29) is 0 Å². The molecule has 0 saturated heterocycles. The van der Waals surface area contributed by atoms with Crippen molar-refractivity contribution in [2.75, 3.05) is 0 Å². The normalized spacial score (nSPS) is 8.00. The van der Waals surface area contributed by atoms with Gasteiger partial charge in [-0.2, -0.15) is 0 Å². The molecule has 20 heavy (non-hydrogen) atoms. The number of rotatable bonds is 0. The zero-order chi connectivity index (χ0) is 14.1. The van der Waals surface area contributed by atoms with E-state index in [2.05, 4.69) is 0 Å². The molecule has 0 heterocycles. The van der Waals surface area contributed by atoms with Crippen molar-refractivity contribution in [3.05, 3.63) is 121 Å². The molecule has 0 N–H and O–H groups in total. The van der Waals surface area contributed by atoms with Crippen LogP contribution in [0.1, 0.15) is 0 Å². The molecular formula is C20H20. The van der Waals surface area contributed by atoms with E-state index in [1.165, 1.54) is 0 Å². The predicted molar refractivity (Wildman–Crippen MR) is 88.1 cm³/mol. The fraction of sp³-hybridized carbons (Fsp3) is 0. The van der Waals surface area contributed by atoms with E-state index in [0.717, 1.165) is 0 Å². The lowest BCUT2D eigenvalue weighted by Gasteiger charge is -1.69. The maximum absolute atomic E-state index is 2.00. The minimum absolute atomic E-state index is 2.00. The highest BCUT2D eigenvalue weighted by atomic mass is 13.7. The molecule has 2 aromatic carbocycles. The van der Waals surface area contributed by atoms with E-state index < -0.39 is 0 Å². The Labute approximate surface area is 122 Å². The fourth-order valence-electron chi connectivity index (χ4n) is 1.28. The van der Waals surface area contributed by atoms with E-state index in [1.807, 2.05) is 121 Å². The van der Waals surface area contributed by atoms with Gasteiger partial charge in [-0.1, -0.05) is 121 Å². The van der Waals surface area contributed by atoms with Crippen LogP contribution >= 0.6 is 0 Å². The zero-order valence-corrected chi connectivity index (χ0v) is 11.5. The van der Waals surface area contributed by atoms with Crippen LogP contribution in [0.25, 0.3) is 0 Å². The third kappa shape index (κ3) is 10.5. The summed E-state index contributed by atoms with van der Waals surface area (Å²) < 4.78 is 0. The molecular weight excluding hydrogens is 240 g/mol. The van der Waals surface area contributed by atoms with Gasteiger partial charge in [0.15, 0.2) is 0 Å². The van der Waals surface area contributed by atoms with Crippen molar-refractivity contribution in [1.29, 1.82) is 0 Å². The molecule has 2 rings (SSSR count). The largest absolute Gasteiger partial charge is 0.0623 e. The average Bonchev–Trinajstić information content (AvgIpc) is 2.52. The lowest BCUT2D eigenvalue weighted by Crippen LogP contribution is -1.47. The second-order valence-corrected chi connectivity index (χ2v) is 3.85. The Morgan fingerprint density at radius 1 is 0.100 bits per heavy atom. The molecule has 0 radical (unpaired) electrons. The summed E-state index contributed by atoms with van der Waals surface area (Å²) in [6.07, 6.45) is 0. The molecule has 2 aromatic rings. The van der Waals surface area contributed by atoms with Gasteiger partial charge in [-0.25, -0.2) is 0 Å². The number of hydrogen-bond acceptors (Lipinski definition) is 0. The summed E-state index contributed by atoms with van der Waals surface area (Å²) in [7, 11) is 0. The van der Waals surface area contributed by atoms with Crippen LogP contribution in [0.4, 0.5) is 0 Å². The van der Waals surface area contributed by atoms with Crippen LogP contribution < -0.4 is 0 Å². The molecule has 0 bridgehead atoms. The van der Waals surface area contributed by atoms with Crippen molar-refractivity contribution < 1.29 is 0 Å². The fourth-order valence-corrected chi connectivity index (χ4v) is 1.28. The Morgan fingerprint density at radius 3 is 0.200 bits per heavy atom. The molecule has 0 spiro atoms. The quantitative estimate of drug-likeness (QED) is 0.576. The van der Waals surface area contributed by atoms with Crippen molar-refractivity contribution in [3.63, 3.8) is 0 Å². The van der Waals surface area contributed by atoms with E-state index in [4.69, 9.17) is 0 Å². The van der Waals surface area contributed by atoms with Gasteiger partial charge in [0.05, 0.1) is 0 Å². The highest BCUT2D eigenvalue weighted by Crippen LogP contribution is 1.81. The summed E-state index contributed by atoms with van der Waals surface area (Å²) in [4.78, 5) is 0. The lowest BCUT2D eigenvalue weighted by atomic mass is 10.4. The maximum atomic E-state index is 2.00. The molecule has 0 unspecified atom stereocenters. The van der Waals surface area contributed by atoms with Crippen molar-refractivity contribution in [2.24, 2.45) is 0 Å². The second-order valence-electron chi connectivity index (χ2n) is 3.85. The molecule has 0 heteroatoms. The summed E-state index contributed by atoms with van der Waals surface area (Å²) in [5, 5.41) is 0. The van der Waals surface area contributed by atoms with Gasteiger partial charge in [-0.05, 0) is 0 Å². The lowest BCUT2D eigenvalue weighted by molar-refractivity contribution is 1.72. The molecule has 0 fully saturated rings. The van der Waals surface area contributed by atoms with Crippen molar-refractivity contribution in [1.82, 2.24) is 0 Å². The van der Waals surface area contributed by atoms with Crippen LogP contribution in [0.15, 0.2) is 121 Å². The molecule has 0 aliphatic rings. The maximum Gasteiger partial charge on any atom is -0.0623 e. The van der Waals surface area contributed by atoms with Gasteiger partial charge < -0.3 is 0 Å². The van der Waals surface area contributed by atoms with Gasteiger partial charge in [0.2, 0.25) is 0 Å². The summed E-state index contributed by atoms with van der Waals surface area (Å²) in [5.74, 6) is 0. The second kappa shape index (κ2) is 12.8. The molecule has 0 aliphatic carbocycles. The van der Waals surface area contributed by atoms with E-state index in [1.54, 1.807) is 0 Å². The smallest absolute Gasteiger partial charge is 0.0623 e. The van der Waals surface area contributed by atoms with Gasteiger partial charge in [0.25, 0.3) is 0 Å². The third-order valence-corrected chi connectivity index (χ3v) is 2.22. The topological polar surface area (TPSA) is 0 Å². The Kier molecular flexibility index (Phi) is 9.93. The van der Waals surface area contributed by atoms with Gasteiger partial charge in [0.1, 0.15) is 0 Å². The first-order valence-electron chi connectivity index (χ1n) is 6.67. The Hall–Kier alpha value is -2.60. The summed E-state index contributed by atoms with van der Waals surface area (Å²) in [6, 6.07) is 40.0. The minimum atomic E-state index is 2.00. The van der Waals surface area contributed by atoms with Crippen molar-refractivity contribution >= 4 is 0 Å². The third-order valence-electron chi connectivity index (χ3n) is 2.22. The molecule has 0 nitrogen and oxygen atoms in total. The van der Waals surface area contributed by atoms with Crippen molar-refractivity contribution in [2.45, 2.75) is 0 Å². The first kappa shape index (κ1) is 15.5. The SMILES string of the molecule is c1ccccccccc1.c1ccccccccc1. The summed E-state index contributed by atoms with van der Waals surface area (Å²) >= 11 is 0. The Balaban J connectivity index is 0.000000200. The summed E-state index contributed by atoms with van der Waals surface area (Å²) in [5.41, 5.74) is 0. The molecule has 0 aromatic heterocycles. The monoisotopic (exact) mass is 260 g/mol. The average molecular weight is 260 g/mol. The number of hydrogen-bond donors (Lipinski definition) is 0. The molecule has 0 aliphatic heterocycles. The van der Waals surface area contributed by atoms with Crippen LogP contribution in [0.5, 0.6) is 0 Å². The highest BCUT2D eigenvalue weighted by molar-refractivity contribution is 5.00. The van der Waals surface area contributed by atoms with Crippen LogP contribution in [0.2, 0.25) is 0 Å². The minimum Gasteiger partial charge on any atom is -0.0623 e. The van der Waals surface area contributed by atoms with Crippen LogP contribution in [0, 0.1) is 0 Å². The zero-order valence-electron chi connectivity index (χ0n) is 11.5. The van der Waals surface area contributed by atoms with E-state index in [0.29, 0.717) is 0 Å². The Bertz CT molecular complexity index is 331. The molecule has 0 saturated carbocycles. The first-order chi connectivity index (χ1) is 10.0. The molecule has 100 valence electrons. The Morgan fingerprint density at radius 2 is 0.150 bits per heavy atom. The van der Waals surface area contributed by atoms with Crippen LogP contribution in [0.3, 0.4) is 0 Å². The highest BCUT2D eigenvalue weighted by Gasteiger charge is 1.59. The van der Waals surface area contributed by atoms with Crippen molar-refractivity contribution in [3.8, 4) is 0 Å². The first-order valence-corrected chi connectivity index (χ1v) is 6.67.